The molecule has 0 radical (unpaired) electrons. The number of hydrogen-bond acceptors (Lipinski definition) is 21. The summed E-state index contributed by atoms with van der Waals surface area (Å²) in [4.78, 5) is 88.5. The lowest BCUT2D eigenvalue weighted by Gasteiger charge is -2.35. The molecule has 4 aliphatic heterocycles. The van der Waals surface area contributed by atoms with Gasteiger partial charge in [-0.2, -0.15) is 31.2 Å². The second-order valence-corrected chi connectivity index (χ2v) is 35.0. The van der Waals surface area contributed by atoms with Crippen LogP contribution < -0.4 is 20.1 Å². The molecular formula is C77H107ClF6N8O20S2. The van der Waals surface area contributed by atoms with Gasteiger partial charge in [0, 0.05) is 63.9 Å². The minimum Gasteiger partial charge on any atom is -0.491 e. The largest absolute Gasteiger partial charge is 0.491 e. The van der Waals surface area contributed by atoms with Gasteiger partial charge in [-0.25, -0.2) is 39.8 Å². The molecule has 28 nitrogen and oxygen atoms in total. The number of aryl methyl sites for hydroxylation is 4. The molecule has 5 N–H and O–H groups in total. The van der Waals surface area contributed by atoms with Crippen LogP contribution in [0.2, 0.25) is 0 Å². The molecule has 0 atom stereocenters. The first-order valence-corrected chi connectivity index (χ1v) is 40.0. The van der Waals surface area contributed by atoms with Crippen LogP contribution in [0.15, 0.2) is 82.8 Å². The standard InChI is InChI=1S/C46H65F3N4O11S.C31H39F3N4O8S.ClH.H2O/c1-31-26-33(39(55)63-43(5,6)7)13-12-32(31)14-25-65(58,59)52-17-15-45(16-18-52)40(56)53(41(57)64-44(8,9)10)38(50-45)34-27-35(46(47,48)49)29-36(28-34)62-24-23-61-22-21-60-20-19-51(11)37(54)30-42(2,3)4;1-21-17-23(28(39)40)4-3-22(21)5-16-47(42,43)38-9-6-30(7-10-38)29(41)36-27(37-30)24-18-25(31(32,33)34)20-26(19-24)46-15-14-45-13-12-44-11-8-35-2;;/h12-13,26-29H,14-25,30H2,1-11H3;3-4,17-20,35H,5-16H2,1-2H3,(H,39,40)(H,36,37,41);1H;1H2. The smallest absolute Gasteiger partial charge is 0.423 e. The van der Waals surface area contributed by atoms with E-state index in [0.717, 1.165) is 24.3 Å². The number of likely N-dealkylation sites (N-methyl/N-ethyl adjacent to an activating group) is 2. The minimum absolute atomic E-state index is 0. The first kappa shape index (κ1) is 96.7. The Balaban J connectivity index is 0.000000420. The molecule has 4 amide bonds. The lowest BCUT2D eigenvalue weighted by Crippen LogP contribution is -2.53. The zero-order valence-electron chi connectivity index (χ0n) is 66.6. The van der Waals surface area contributed by atoms with Crippen LogP contribution in [0.3, 0.4) is 0 Å². The van der Waals surface area contributed by atoms with E-state index in [1.54, 1.807) is 98.7 Å². The lowest BCUT2D eigenvalue weighted by atomic mass is 9.88. The molecule has 0 aliphatic carbocycles. The number of carbonyl (C=O) groups is 6. The van der Waals surface area contributed by atoms with Crippen molar-refractivity contribution in [2.45, 2.75) is 156 Å². The molecule has 0 bridgehead atoms. The van der Waals surface area contributed by atoms with E-state index < -0.39 is 95.7 Å². The number of sulfonamides is 2. The maximum atomic E-state index is 14.3. The van der Waals surface area contributed by atoms with Gasteiger partial charge in [-0.15, -0.1) is 12.4 Å². The van der Waals surface area contributed by atoms with Crippen LogP contribution in [-0.4, -0.2) is 246 Å². The minimum atomic E-state index is -4.86. The molecule has 0 unspecified atom stereocenters. The number of amidine groups is 2. The SMILES string of the molecule is CNCCOCCOCCOc1cc(C2=NC3(CCN(S(=O)(=O)CCc4ccc(C(=O)O)cc4C)CC3)C(=O)N2)cc(C(F)(F)F)c1.Cc1cc(C(=O)OC(C)(C)C)ccc1CCS(=O)(=O)N1CCC2(CC1)N=C(c1cc(OCCOCCOCCN(C)C(=O)CC(C)(C)C)cc(C(F)(F)F)c1)N(C(=O)OC(C)(C)C)C2=O.Cl.O. The Morgan fingerprint density at radius 1 is 0.588 bits per heavy atom. The topological polar surface area (TPSA) is 358 Å². The number of carbonyl (C=O) groups excluding carboxylic acids is 5. The van der Waals surface area contributed by atoms with Crippen molar-refractivity contribution in [3.63, 3.8) is 0 Å². The fourth-order valence-corrected chi connectivity index (χ4v) is 15.2. The Morgan fingerprint density at radius 2 is 1.03 bits per heavy atom. The number of imide groups is 1. The van der Waals surface area contributed by atoms with Crippen LogP contribution in [0.5, 0.6) is 11.5 Å². The van der Waals surface area contributed by atoms with Gasteiger partial charge in [-0.1, -0.05) is 32.9 Å². The van der Waals surface area contributed by atoms with Crippen molar-refractivity contribution in [2.75, 3.05) is 131 Å². The number of carboxylic acids is 1. The third-order valence-electron chi connectivity index (χ3n) is 18.3. The van der Waals surface area contributed by atoms with Gasteiger partial charge in [0.2, 0.25) is 26.0 Å². The van der Waals surface area contributed by atoms with Crippen LogP contribution in [0.25, 0.3) is 0 Å². The molecule has 2 saturated heterocycles. The predicted molar refractivity (Wildman–Crippen MR) is 414 cm³/mol. The van der Waals surface area contributed by atoms with E-state index in [9.17, 15) is 71.9 Å². The van der Waals surface area contributed by atoms with E-state index in [1.165, 1.54) is 32.9 Å². The molecule has 4 aromatic carbocycles. The maximum Gasteiger partial charge on any atom is 0.423 e. The van der Waals surface area contributed by atoms with Crippen LogP contribution >= 0.6 is 12.4 Å². The summed E-state index contributed by atoms with van der Waals surface area (Å²) in [5.41, 5.74) is -3.99. The van der Waals surface area contributed by atoms with E-state index in [4.69, 9.17) is 43.0 Å². The number of rotatable bonds is 33. The normalized spacial score (nSPS) is 16.1. The number of nitrogens with one attached hydrogen (secondary N) is 2. The Hall–Kier alpha value is -7.91. The van der Waals surface area contributed by atoms with Gasteiger partial charge in [-0.3, -0.25) is 24.4 Å². The van der Waals surface area contributed by atoms with Gasteiger partial charge >= 0.3 is 30.4 Å². The Kier molecular flexibility index (Phi) is 34.6. The number of halogens is 7. The van der Waals surface area contributed by atoms with Gasteiger partial charge < -0.3 is 64.0 Å². The number of hydrogen-bond donors (Lipinski definition) is 3. The number of nitrogens with zero attached hydrogens (tertiary/aromatic N) is 6. The quantitative estimate of drug-likeness (QED) is 0.0227. The van der Waals surface area contributed by atoms with Crippen molar-refractivity contribution in [3.05, 3.63) is 128 Å². The second kappa shape index (κ2) is 40.8. The summed E-state index contributed by atoms with van der Waals surface area (Å²) < 4.78 is 184. The average molecular weight is 1680 g/mol. The number of piperidine rings is 2. The van der Waals surface area contributed by atoms with Crippen molar-refractivity contribution >= 4 is 79.9 Å². The number of aliphatic imine (C=N–C) groups is 2. The van der Waals surface area contributed by atoms with Crippen molar-refractivity contribution in [1.82, 2.24) is 29.0 Å². The summed E-state index contributed by atoms with van der Waals surface area (Å²) in [7, 11) is -4.10. The highest BCUT2D eigenvalue weighted by molar-refractivity contribution is 7.89. The number of ether oxygens (including phenoxy) is 8. The molecule has 2 spiro atoms. The monoisotopic (exact) mass is 1680 g/mol. The number of amides is 4. The van der Waals surface area contributed by atoms with Gasteiger partial charge in [0.1, 0.15) is 58.7 Å². The predicted octanol–water partition coefficient (Wildman–Crippen LogP) is 9.43. The highest BCUT2D eigenvalue weighted by Crippen LogP contribution is 2.41. The molecule has 37 heteroatoms. The van der Waals surface area contributed by atoms with Crippen LogP contribution in [0, 0.1) is 19.3 Å². The summed E-state index contributed by atoms with van der Waals surface area (Å²) >= 11 is 0. The average Bonchev–Trinajstić information content (AvgIpc) is 1.59. The second-order valence-electron chi connectivity index (χ2n) is 30.8. The van der Waals surface area contributed by atoms with Crippen LogP contribution in [0.4, 0.5) is 31.1 Å². The first-order valence-electron chi connectivity index (χ1n) is 36.7. The van der Waals surface area contributed by atoms with E-state index >= 15 is 0 Å². The molecule has 0 aromatic heterocycles. The van der Waals surface area contributed by atoms with Crippen molar-refractivity contribution in [3.8, 4) is 11.5 Å². The number of esters is 1. The summed E-state index contributed by atoms with van der Waals surface area (Å²) in [6.45, 7) is 22.0. The van der Waals surface area contributed by atoms with Crippen molar-refractivity contribution in [2.24, 2.45) is 15.4 Å². The molecule has 4 aliphatic rings. The van der Waals surface area contributed by atoms with Gasteiger partial charge in [0.05, 0.1) is 86.6 Å². The Bertz CT molecular complexity index is 4300. The molecular weight excluding hydrogens is 1570 g/mol. The van der Waals surface area contributed by atoms with Crippen LogP contribution in [-0.2, 0) is 88.0 Å². The zero-order valence-corrected chi connectivity index (χ0v) is 69.0. The van der Waals surface area contributed by atoms with E-state index in [0.29, 0.717) is 78.7 Å². The summed E-state index contributed by atoms with van der Waals surface area (Å²) in [5, 5.41) is 14.7. The molecule has 8 rings (SSSR count). The van der Waals surface area contributed by atoms with Gasteiger partial charge in [0.25, 0.3) is 11.8 Å². The summed E-state index contributed by atoms with van der Waals surface area (Å²) in [6, 6.07) is 15.3. The fraction of sp³-hybridized carbons (Fsp3) is 0.584. The van der Waals surface area contributed by atoms with Crippen LogP contribution in [0.1, 0.15) is 160 Å². The fourth-order valence-electron chi connectivity index (χ4n) is 12.3. The van der Waals surface area contributed by atoms with E-state index in [1.807, 2.05) is 20.8 Å². The molecule has 636 valence electrons. The van der Waals surface area contributed by atoms with Gasteiger partial charge in [0.15, 0.2) is 0 Å². The lowest BCUT2D eigenvalue weighted by molar-refractivity contribution is -0.138. The third-order valence-corrected chi connectivity index (χ3v) is 22.1. The molecule has 4 heterocycles. The Morgan fingerprint density at radius 3 is 1.48 bits per heavy atom. The number of alkyl halides is 6. The first-order chi connectivity index (χ1) is 52.1. The number of carboxylic acid groups (broad SMARTS) is 1. The van der Waals surface area contributed by atoms with E-state index in [2.05, 4.69) is 20.6 Å². The number of aromatic carboxylic acids is 1. The number of benzene rings is 4. The molecule has 0 saturated carbocycles. The third kappa shape index (κ3) is 28.2. The maximum absolute atomic E-state index is 14.3. The van der Waals surface area contributed by atoms with E-state index in [-0.39, 0.29) is 185 Å². The molecule has 114 heavy (non-hydrogen) atoms. The zero-order chi connectivity index (χ0) is 83.0. The summed E-state index contributed by atoms with van der Waals surface area (Å²) in [6.07, 6.45) is -10.2. The van der Waals surface area contributed by atoms with Crippen molar-refractivity contribution < 1.29 is 120 Å². The molecule has 2 fully saturated rings. The van der Waals surface area contributed by atoms with Gasteiger partial charge in [-0.05, 0) is 189 Å². The molecule has 4 aromatic rings. The highest BCUT2D eigenvalue weighted by atomic mass is 35.5. The highest BCUT2D eigenvalue weighted by Gasteiger charge is 2.55. The Labute approximate surface area is 668 Å². The summed E-state index contributed by atoms with van der Waals surface area (Å²) in [5.74, 6) is -4.14. The van der Waals surface area contributed by atoms with Crippen molar-refractivity contribution in [1.29, 1.82) is 0 Å².